The average molecular weight is 489 g/mol. The van der Waals surface area contributed by atoms with Crippen molar-refractivity contribution in [3.8, 4) is 23.3 Å². The number of fused-ring (bicyclic) bond motifs is 1. The zero-order valence-electron chi connectivity index (χ0n) is 20.7. The zero-order chi connectivity index (χ0) is 26.0. The molecule has 0 unspecified atom stereocenters. The van der Waals surface area contributed by atoms with Crippen LogP contribution in [0.5, 0.6) is 11.5 Å². The smallest absolute Gasteiger partial charge is 0.257 e. The van der Waals surface area contributed by atoms with Crippen LogP contribution in [0.3, 0.4) is 0 Å². The highest BCUT2D eigenvalue weighted by Crippen LogP contribution is 2.32. The van der Waals surface area contributed by atoms with E-state index >= 15 is 0 Å². The Morgan fingerprint density at radius 1 is 1.19 bits per heavy atom. The molecular formula is C26H28N6O4. The summed E-state index contributed by atoms with van der Waals surface area (Å²) in [6.07, 6.45) is 3.42. The molecule has 36 heavy (non-hydrogen) atoms. The number of nitrogens with zero attached hydrogens (tertiary/aromatic N) is 5. The number of hydrogen-bond acceptors (Lipinski definition) is 7. The van der Waals surface area contributed by atoms with Crippen molar-refractivity contribution in [3.05, 3.63) is 53.9 Å². The number of benzene rings is 1. The van der Waals surface area contributed by atoms with Gasteiger partial charge in [-0.25, -0.2) is 4.98 Å². The van der Waals surface area contributed by atoms with Crippen LogP contribution in [0.4, 0.5) is 5.82 Å². The Morgan fingerprint density at radius 3 is 2.50 bits per heavy atom. The van der Waals surface area contributed by atoms with Gasteiger partial charge in [0.05, 0.1) is 36.7 Å². The summed E-state index contributed by atoms with van der Waals surface area (Å²) in [6, 6.07) is 5.16. The second-order valence-corrected chi connectivity index (χ2v) is 8.56. The summed E-state index contributed by atoms with van der Waals surface area (Å²) in [5.74, 6) is 7.24. The van der Waals surface area contributed by atoms with Gasteiger partial charge in [-0.05, 0) is 30.6 Å². The minimum atomic E-state index is -0.234. The molecular weight excluding hydrogens is 460 g/mol. The summed E-state index contributed by atoms with van der Waals surface area (Å²) in [6.45, 7) is 4.56. The van der Waals surface area contributed by atoms with E-state index in [1.165, 1.54) is 17.2 Å². The van der Waals surface area contributed by atoms with Crippen molar-refractivity contribution in [3.63, 3.8) is 0 Å². The Bertz CT molecular complexity index is 1390. The lowest BCUT2D eigenvalue weighted by Crippen LogP contribution is -2.27. The molecule has 2 N–H and O–H groups in total. The standard InChI is InChI=1S/C26H28N6O4/c1-6-22(33)31-10-9-17(15-31)32-24-20(26(34)30(2)3)14-28-25(27)23(24)21(29-32)8-7-16-11-18(35-4)13-19(12-16)36-5/h6,11-14,17H,1,9-10,15H2,2-5H3,(H2,27,28)/t17-/m0/s1. The number of carbonyl (C=O) groups is 2. The van der Waals surface area contributed by atoms with Crippen LogP contribution in [-0.2, 0) is 4.79 Å². The lowest BCUT2D eigenvalue weighted by Gasteiger charge is -2.17. The van der Waals surface area contributed by atoms with Crippen molar-refractivity contribution in [2.24, 2.45) is 0 Å². The fourth-order valence-electron chi connectivity index (χ4n) is 4.23. The van der Waals surface area contributed by atoms with E-state index in [1.807, 2.05) is 0 Å². The maximum atomic E-state index is 13.0. The number of nitrogen functional groups attached to an aromatic ring is 1. The average Bonchev–Trinajstić information content (AvgIpc) is 3.52. The van der Waals surface area contributed by atoms with E-state index in [-0.39, 0.29) is 23.7 Å². The molecule has 1 aromatic carbocycles. The number of likely N-dealkylation sites (tertiary alicyclic amines) is 1. The van der Waals surface area contributed by atoms with Crippen LogP contribution in [0.1, 0.15) is 34.1 Å². The lowest BCUT2D eigenvalue weighted by atomic mass is 10.1. The SMILES string of the molecule is C=CC(=O)N1CC[C@H](n2nc(C#Cc3cc(OC)cc(OC)c3)c3c(N)ncc(C(=O)N(C)C)c32)C1. The van der Waals surface area contributed by atoms with Gasteiger partial charge >= 0.3 is 0 Å². The molecule has 1 fully saturated rings. The van der Waals surface area contributed by atoms with Crippen LogP contribution in [0.15, 0.2) is 37.1 Å². The molecule has 0 saturated carbocycles. The molecule has 1 saturated heterocycles. The van der Waals surface area contributed by atoms with E-state index < -0.39 is 0 Å². The van der Waals surface area contributed by atoms with E-state index in [9.17, 15) is 9.59 Å². The van der Waals surface area contributed by atoms with Crippen molar-refractivity contribution in [1.29, 1.82) is 0 Å². The molecule has 2 amide bonds. The van der Waals surface area contributed by atoms with Crippen LogP contribution in [-0.4, -0.2) is 77.8 Å². The molecule has 3 aromatic rings. The number of rotatable bonds is 5. The first kappa shape index (κ1) is 24.6. The Hall–Kier alpha value is -4.52. The molecule has 186 valence electrons. The summed E-state index contributed by atoms with van der Waals surface area (Å²) in [5, 5.41) is 5.28. The van der Waals surface area contributed by atoms with Gasteiger partial charge in [-0.3, -0.25) is 14.3 Å². The van der Waals surface area contributed by atoms with Crippen molar-refractivity contribution in [2.45, 2.75) is 12.5 Å². The predicted molar refractivity (Wildman–Crippen MR) is 136 cm³/mol. The van der Waals surface area contributed by atoms with Gasteiger partial charge in [0.25, 0.3) is 5.91 Å². The Balaban J connectivity index is 1.89. The second kappa shape index (κ2) is 10.00. The maximum absolute atomic E-state index is 13.0. The van der Waals surface area contributed by atoms with Gasteiger partial charge < -0.3 is 25.0 Å². The van der Waals surface area contributed by atoms with Crippen molar-refractivity contribution in [1.82, 2.24) is 24.6 Å². The van der Waals surface area contributed by atoms with Crippen LogP contribution in [0.25, 0.3) is 10.9 Å². The molecule has 10 heteroatoms. The van der Waals surface area contributed by atoms with Crippen molar-refractivity contribution < 1.29 is 19.1 Å². The Labute approximate surface area is 209 Å². The molecule has 0 bridgehead atoms. The molecule has 1 aliphatic heterocycles. The molecule has 0 aliphatic carbocycles. The fraction of sp³-hybridized carbons (Fsp3) is 0.308. The van der Waals surface area contributed by atoms with Crippen LogP contribution in [0.2, 0.25) is 0 Å². The van der Waals surface area contributed by atoms with E-state index in [2.05, 4.69) is 23.4 Å². The summed E-state index contributed by atoms with van der Waals surface area (Å²) in [5.41, 5.74) is 8.25. The maximum Gasteiger partial charge on any atom is 0.257 e. The normalized spacial score (nSPS) is 14.8. The summed E-state index contributed by atoms with van der Waals surface area (Å²) in [7, 11) is 6.47. The van der Waals surface area contributed by atoms with E-state index in [4.69, 9.17) is 20.3 Å². The monoisotopic (exact) mass is 488 g/mol. The highest BCUT2D eigenvalue weighted by Gasteiger charge is 2.31. The third kappa shape index (κ3) is 4.55. The Kier molecular flexibility index (Phi) is 6.83. The molecule has 1 aliphatic rings. The highest BCUT2D eigenvalue weighted by molar-refractivity contribution is 6.09. The molecule has 2 aromatic heterocycles. The van der Waals surface area contributed by atoms with E-state index in [0.29, 0.717) is 58.7 Å². The van der Waals surface area contributed by atoms with Crippen LogP contribution >= 0.6 is 0 Å². The number of anilines is 1. The molecule has 10 nitrogen and oxygen atoms in total. The second-order valence-electron chi connectivity index (χ2n) is 8.56. The van der Waals surface area contributed by atoms with E-state index in [0.717, 1.165) is 0 Å². The van der Waals surface area contributed by atoms with Crippen LogP contribution in [0, 0.1) is 11.8 Å². The molecule has 0 spiro atoms. The van der Waals surface area contributed by atoms with E-state index in [1.54, 1.807) is 56.1 Å². The van der Waals surface area contributed by atoms with Crippen molar-refractivity contribution >= 4 is 28.5 Å². The third-order valence-corrected chi connectivity index (χ3v) is 6.06. The van der Waals surface area contributed by atoms with Gasteiger partial charge in [0, 0.05) is 45.0 Å². The van der Waals surface area contributed by atoms with Gasteiger partial charge in [-0.1, -0.05) is 12.5 Å². The van der Waals surface area contributed by atoms with Crippen molar-refractivity contribution in [2.75, 3.05) is 47.1 Å². The first-order valence-electron chi connectivity index (χ1n) is 11.3. The third-order valence-electron chi connectivity index (χ3n) is 6.06. The van der Waals surface area contributed by atoms with Gasteiger partial charge in [-0.15, -0.1) is 0 Å². The number of ether oxygens (including phenoxy) is 2. The van der Waals surface area contributed by atoms with Gasteiger partial charge in [0.15, 0.2) is 0 Å². The lowest BCUT2D eigenvalue weighted by molar-refractivity contribution is -0.125. The topological polar surface area (TPSA) is 116 Å². The molecule has 1 atom stereocenters. The van der Waals surface area contributed by atoms with Gasteiger partial charge in [-0.2, -0.15) is 5.10 Å². The number of methoxy groups -OCH3 is 2. The number of nitrogens with two attached hydrogens (primary N) is 1. The molecule has 4 rings (SSSR count). The van der Waals surface area contributed by atoms with Crippen LogP contribution < -0.4 is 15.2 Å². The minimum Gasteiger partial charge on any atom is -0.497 e. The highest BCUT2D eigenvalue weighted by atomic mass is 16.5. The molecule has 0 radical (unpaired) electrons. The first-order valence-corrected chi connectivity index (χ1v) is 11.3. The quantitative estimate of drug-likeness (QED) is 0.432. The summed E-state index contributed by atoms with van der Waals surface area (Å²) >= 11 is 0. The number of pyridine rings is 1. The number of aromatic nitrogens is 3. The fourth-order valence-corrected chi connectivity index (χ4v) is 4.23. The summed E-state index contributed by atoms with van der Waals surface area (Å²) in [4.78, 5) is 32.7. The van der Waals surface area contributed by atoms with Gasteiger partial charge in [0.1, 0.15) is 23.0 Å². The van der Waals surface area contributed by atoms with Gasteiger partial charge in [0.2, 0.25) is 5.91 Å². The first-order chi connectivity index (χ1) is 17.3. The number of hydrogen-bond donors (Lipinski definition) is 1. The predicted octanol–water partition coefficient (Wildman–Crippen LogP) is 2.09. The largest absolute Gasteiger partial charge is 0.497 e. The Morgan fingerprint density at radius 2 is 1.89 bits per heavy atom. The zero-order valence-corrected chi connectivity index (χ0v) is 20.7. The number of carbonyl (C=O) groups excluding carboxylic acids is 2. The summed E-state index contributed by atoms with van der Waals surface area (Å²) < 4.78 is 12.4. The molecule has 3 heterocycles. The minimum absolute atomic E-state index is 0.147. The number of amides is 2.